The summed E-state index contributed by atoms with van der Waals surface area (Å²) in [5, 5.41) is 0. The molecule has 5 heteroatoms. The Hall–Kier alpha value is -1.98. The van der Waals surface area contributed by atoms with Crippen molar-refractivity contribution >= 4 is 31.4 Å². The molecule has 1 aromatic carbocycles. The monoisotopic (exact) mass is 1060 g/mol. The lowest BCUT2D eigenvalue weighted by Crippen LogP contribution is -2.50. The molecule has 0 unspecified atom stereocenters. The normalized spacial score (nSPS) is 38.2. The summed E-state index contributed by atoms with van der Waals surface area (Å²) in [6.45, 7) is 37.8. The van der Waals surface area contributed by atoms with Gasteiger partial charge in [-0.25, -0.2) is 13.4 Å². The molecule has 420 valence electrons. The third-order valence-electron chi connectivity index (χ3n) is 25.6. The Morgan fingerprint density at radius 2 is 1.13 bits per heavy atom. The van der Waals surface area contributed by atoms with Crippen molar-refractivity contribution in [2.45, 2.75) is 243 Å². The number of thiazole rings is 1. The lowest BCUT2D eigenvalue weighted by atomic mass is 9.46. The minimum atomic E-state index is -3.38. The zero-order valence-electron chi connectivity index (χ0n) is 50.7. The van der Waals surface area contributed by atoms with Crippen LogP contribution in [-0.2, 0) is 9.84 Å². The number of hydrogen-bond donors (Lipinski definition) is 0. The highest BCUT2D eigenvalue weighted by Crippen LogP contribution is 2.69. The van der Waals surface area contributed by atoms with Crippen molar-refractivity contribution in [3.63, 3.8) is 0 Å². The Balaban J connectivity index is 0.000000173. The third-order valence-corrected chi connectivity index (χ3v) is 29.0. The Morgan fingerprint density at radius 1 is 0.653 bits per heavy atom. The number of nitrogens with zero attached hydrogens (tertiary/aromatic N) is 1. The van der Waals surface area contributed by atoms with E-state index in [0.29, 0.717) is 37.3 Å². The van der Waals surface area contributed by atoms with Crippen molar-refractivity contribution in [1.29, 1.82) is 0 Å². The highest BCUT2D eigenvalue weighted by Gasteiger charge is 2.61. The highest BCUT2D eigenvalue weighted by molar-refractivity contribution is 7.93. The Labute approximate surface area is 466 Å². The van der Waals surface area contributed by atoms with Crippen LogP contribution in [0.2, 0.25) is 0 Å². The van der Waals surface area contributed by atoms with Crippen LogP contribution in [-0.4, -0.2) is 19.2 Å². The van der Waals surface area contributed by atoms with Gasteiger partial charge in [-0.15, -0.1) is 17.9 Å². The van der Waals surface area contributed by atoms with Gasteiger partial charge < -0.3 is 0 Å². The van der Waals surface area contributed by atoms with Gasteiger partial charge in [-0.3, -0.25) is 0 Å². The van der Waals surface area contributed by atoms with Gasteiger partial charge in [0.15, 0.2) is 0 Å². The van der Waals surface area contributed by atoms with Crippen LogP contribution < -0.4 is 0 Å². The SMILES string of the molecule is C=CC(CC)(CC)CC.CCC(/C=C/[C@@H](C)[C@H]1CC[C@H]2[C@@H]3CC=C4C[C@@H](C)CC[C@]4(C)[C@H]3CC[C@]12C)(CC)CC.C[C@H]1CC[C@@]2(C)C(=CC[C@H]3[C@@H]4CC[C@H]([C@H](C)CS(=O)(=O)c5nc6ccccc6s5)[C@@]4(C)CC[C@@H]32)C1. The minimum Gasteiger partial charge on any atom is -0.225 e. The topological polar surface area (TPSA) is 47.0 Å². The van der Waals surface area contributed by atoms with E-state index in [-0.39, 0.29) is 17.1 Å². The van der Waals surface area contributed by atoms with Gasteiger partial charge in [0.2, 0.25) is 14.2 Å². The average Bonchev–Trinajstić information content (AvgIpc) is 4.18. The molecule has 0 bridgehead atoms. The molecule has 0 aliphatic heterocycles. The summed E-state index contributed by atoms with van der Waals surface area (Å²) in [5.41, 5.74) is 7.07. The van der Waals surface area contributed by atoms with Crippen LogP contribution in [0.4, 0.5) is 0 Å². The molecule has 8 aliphatic carbocycles. The second-order valence-corrected chi connectivity index (χ2v) is 31.9. The van der Waals surface area contributed by atoms with Crippen molar-refractivity contribution in [3.8, 4) is 0 Å². The Morgan fingerprint density at radius 3 is 1.60 bits per heavy atom. The summed E-state index contributed by atoms with van der Waals surface area (Å²) in [7, 11) is -3.38. The van der Waals surface area contributed by atoms with Gasteiger partial charge in [0.25, 0.3) is 0 Å². The van der Waals surface area contributed by atoms with Gasteiger partial charge in [0.05, 0.1) is 16.0 Å². The first-order valence-electron chi connectivity index (χ1n) is 31.9. The second kappa shape index (κ2) is 23.2. The fourth-order valence-electron chi connectivity index (χ4n) is 19.9. The minimum absolute atomic E-state index is 0.166. The van der Waals surface area contributed by atoms with E-state index >= 15 is 0 Å². The summed E-state index contributed by atoms with van der Waals surface area (Å²) >= 11 is 1.33. The van der Waals surface area contributed by atoms with E-state index in [9.17, 15) is 8.42 Å². The molecule has 1 heterocycles. The van der Waals surface area contributed by atoms with E-state index in [1.165, 1.54) is 153 Å². The summed E-state index contributed by atoms with van der Waals surface area (Å²) in [6.07, 6.45) is 42.3. The molecular formula is C70H111NO2S2. The maximum Gasteiger partial charge on any atom is 0.210 e. The van der Waals surface area contributed by atoms with Crippen LogP contribution in [0.15, 0.2) is 76.7 Å². The molecule has 0 amide bonds. The van der Waals surface area contributed by atoms with E-state index in [1.807, 2.05) is 29.8 Å². The first-order valence-corrected chi connectivity index (χ1v) is 34.4. The fraction of sp³-hybridized carbons (Fsp3) is 0.786. The first-order chi connectivity index (χ1) is 35.6. The summed E-state index contributed by atoms with van der Waals surface area (Å²) in [6, 6.07) is 7.75. The molecule has 0 N–H and O–H groups in total. The van der Waals surface area contributed by atoms with Gasteiger partial charge >= 0.3 is 0 Å². The van der Waals surface area contributed by atoms with Gasteiger partial charge in [-0.1, -0.05) is 151 Å². The maximum absolute atomic E-state index is 13.4. The average molecular weight is 1060 g/mol. The lowest BCUT2D eigenvalue weighted by Gasteiger charge is -2.58. The van der Waals surface area contributed by atoms with Crippen LogP contribution in [0, 0.1) is 104 Å². The number of allylic oxidation sites excluding steroid dienone is 7. The molecule has 8 aliphatic rings. The smallest absolute Gasteiger partial charge is 0.210 e. The number of rotatable bonds is 14. The van der Waals surface area contributed by atoms with Gasteiger partial charge in [-0.05, 0) is 257 Å². The molecule has 75 heavy (non-hydrogen) atoms. The molecule has 2 aromatic rings. The van der Waals surface area contributed by atoms with Crippen molar-refractivity contribution in [1.82, 2.24) is 4.98 Å². The van der Waals surface area contributed by atoms with E-state index in [1.54, 1.807) is 5.57 Å². The Kier molecular flexibility index (Phi) is 18.3. The van der Waals surface area contributed by atoms with Crippen molar-refractivity contribution < 1.29 is 8.42 Å². The molecule has 1 aromatic heterocycles. The van der Waals surface area contributed by atoms with Crippen LogP contribution in [0.1, 0.15) is 238 Å². The number of sulfone groups is 1. The number of para-hydroxylation sites is 1. The fourth-order valence-corrected chi connectivity index (χ4v) is 22.8. The number of fused-ring (bicyclic) bond motifs is 11. The van der Waals surface area contributed by atoms with E-state index in [0.717, 1.165) is 69.4 Å². The zero-order valence-corrected chi connectivity index (χ0v) is 52.3. The van der Waals surface area contributed by atoms with Gasteiger partial charge in [0.1, 0.15) is 0 Å². The first kappa shape index (κ1) is 59.1. The Bertz CT molecular complexity index is 2420. The third kappa shape index (κ3) is 11.0. The van der Waals surface area contributed by atoms with Gasteiger partial charge in [-0.2, -0.15) is 0 Å². The predicted octanol–water partition coefficient (Wildman–Crippen LogP) is 20.9. The highest BCUT2D eigenvalue weighted by atomic mass is 32.2. The molecule has 10 rings (SSSR count). The predicted molar refractivity (Wildman–Crippen MR) is 325 cm³/mol. The largest absolute Gasteiger partial charge is 0.225 e. The van der Waals surface area contributed by atoms with Crippen LogP contribution in [0.25, 0.3) is 10.2 Å². The lowest BCUT2D eigenvalue weighted by molar-refractivity contribution is -0.0501. The number of aromatic nitrogens is 1. The van der Waals surface area contributed by atoms with Crippen LogP contribution in [0.5, 0.6) is 0 Å². The molecular weight excluding hydrogens is 951 g/mol. The molecule has 6 saturated carbocycles. The van der Waals surface area contributed by atoms with Crippen molar-refractivity contribution in [3.05, 3.63) is 72.4 Å². The van der Waals surface area contributed by atoms with E-state index < -0.39 is 9.84 Å². The molecule has 0 saturated heterocycles. The van der Waals surface area contributed by atoms with Crippen molar-refractivity contribution in [2.24, 2.45) is 104 Å². The van der Waals surface area contributed by atoms with Gasteiger partial charge in [0, 0.05) is 0 Å². The second-order valence-electron chi connectivity index (χ2n) is 28.6. The van der Waals surface area contributed by atoms with Crippen molar-refractivity contribution in [2.75, 3.05) is 5.75 Å². The molecule has 0 spiro atoms. The standard InChI is InChI=1S/C31H52.C30H41NO2S2.C9H18/c1-8-31(9-2,10-3)20-16-23(5)26-13-14-27-25-12-11-24-21-22(4)15-18-29(24,6)28(25)17-19-30(26,27)7;1-19-13-15-29(3)21(17-19)9-10-22-24-12-11-23(30(24,4)16-14-25(22)29)20(2)18-35(32,33)28-31-26-7-5-6-8-27(26)34-28;1-5-9(6-2,7-3)8-4/h11,16,20,22-23,25-28H,8-10,12-15,17-19,21H2,1-7H3;5-9,19-20,22-25H,10-18H2,1-4H3;5H,1,6-8H2,2-4H3/b20-16+;;/t22-,23+,25-,26+,27-,28-,29-,30+;19-,20+,22-,23+,24-,25-,29-,30+;/m00./s1. The molecule has 3 nitrogen and oxygen atoms in total. The van der Waals surface area contributed by atoms with Crippen LogP contribution >= 0.6 is 11.3 Å². The summed E-state index contributed by atoms with van der Waals surface area (Å²) in [5.74, 6) is 9.51. The summed E-state index contributed by atoms with van der Waals surface area (Å²) < 4.78 is 28.1. The summed E-state index contributed by atoms with van der Waals surface area (Å²) in [4.78, 5) is 4.49. The van der Waals surface area contributed by atoms with E-state index in [4.69, 9.17) is 0 Å². The maximum atomic E-state index is 13.4. The van der Waals surface area contributed by atoms with Crippen LogP contribution in [0.3, 0.4) is 0 Å². The quantitative estimate of drug-likeness (QED) is 0.177. The molecule has 16 atom stereocenters. The molecule has 0 radical (unpaired) electrons. The molecule has 6 fully saturated rings. The number of benzene rings is 1. The zero-order chi connectivity index (χ0) is 54.4. The van der Waals surface area contributed by atoms with E-state index in [2.05, 4.69) is 139 Å². The number of hydrogen-bond acceptors (Lipinski definition) is 4.